The number of ether oxygens (including phenoxy) is 1. The van der Waals surface area contributed by atoms with Gasteiger partial charge in [-0.05, 0) is 31.0 Å². The normalized spacial score (nSPS) is 10.5. The van der Waals surface area contributed by atoms with Gasteiger partial charge < -0.3 is 9.30 Å². The summed E-state index contributed by atoms with van der Waals surface area (Å²) < 4.78 is 7.89. The lowest BCUT2D eigenvalue weighted by Crippen LogP contribution is -2.04. The molecule has 2 aromatic rings. The summed E-state index contributed by atoms with van der Waals surface area (Å²) in [6, 6.07) is 8.09. The van der Waals surface area contributed by atoms with E-state index in [1.165, 1.54) is 5.56 Å². The molecule has 3 heteroatoms. The number of imidazole rings is 1. The fourth-order valence-electron chi connectivity index (χ4n) is 1.77. The Balaban J connectivity index is 1.99. The molecule has 2 rings (SSSR count). The minimum Gasteiger partial charge on any atom is -0.487 e. The molecule has 0 aliphatic heterocycles. The van der Waals surface area contributed by atoms with Crippen LogP contribution in [0.4, 0.5) is 0 Å². The van der Waals surface area contributed by atoms with E-state index in [0.29, 0.717) is 6.61 Å². The van der Waals surface area contributed by atoms with Crippen molar-refractivity contribution in [1.29, 1.82) is 0 Å². The van der Waals surface area contributed by atoms with Gasteiger partial charge >= 0.3 is 0 Å². The van der Waals surface area contributed by atoms with Crippen LogP contribution in [0.25, 0.3) is 0 Å². The van der Waals surface area contributed by atoms with Crippen molar-refractivity contribution in [2.45, 2.75) is 33.4 Å². The Bertz CT molecular complexity index is 477. The van der Waals surface area contributed by atoms with Crippen LogP contribution in [0.3, 0.4) is 0 Å². The van der Waals surface area contributed by atoms with Crippen molar-refractivity contribution >= 4 is 0 Å². The van der Waals surface area contributed by atoms with Crippen molar-refractivity contribution in [3.8, 4) is 5.75 Å². The third-order valence-electron chi connectivity index (χ3n) is 2.64. The maximum atomic E-state index is 5.76. The summed E-state index contributed by atoms with van der Waals surface area (Å²) in [7, 11) is 0. The highest BCUT2D eigenvalue weighted by Crippen LogP contribution is 2.14. The first-order valence-electron chi connectivity index (χ1n) is 5.98. The molecule has 3 nitrogen and oxygen atoms in total. The van der Waals surface area contributed by atoms with E-state index in [9.17, 15) is 0 Å². The van der Waals surface area contributed by atoms with Crippen LogP contribution in [0.5, 0.6) is 5.75 Å². The molecule has 0 aliphatic rings. The molecular weight excluding hydrogens is 212 g/mol. The molecule has 0 saturated heterocycles. The van der Waals surface area contributed by atoms with Gasteiger partial charge in [0.1, 0.15) is 12.4 Å². The van der Waals surface area contributed by atoms with Crippen LogP contribution in [0.15, 0.2) is 36.8 Å². The molecule has 17 heavy (non-hydrogen) atoms. The maximum absolute atomic E-state index is 5.76. The molecule has 1 heterocycles. The molecule has 0 amide bonds. The van der Waals surface area contributed by atoms with Crippen molar-refractivity contribution < 1.29 is 4.74 Å². The van der Waals surface area contributed by atoms with Crippen LogP contribution in [0, 0.1) is 6.92 Å². The first-order chi connectivity index (χ1) is 8.29. The SMILES string of the molecule is CCCn1cncc1COc1cccc(C)c1. The Morgan fingerprint density at radius 1 is 1.35 bits per heavy atom. The van der Waals surface area contributed by atoms with Crippen molar-refractivity contribution in [1.82, 2.24) is 9.55 Å². The second-order valence-electron chi connectivity index (χ2n) is 4.18. The van der Waals surface area contributed by atoms with E-state index < -0.39 is 0 Å². The molecule has 0 aliphatic carbocycles. The van der Waals surface area contributed by atoms with Crippen LogP contribution in [-0.2, 0) is 13.2 Å². The zero-order chi connectivity index (χ0) is 12.1. The van der Waals surface area contributed by atoms with Crippen molar-refractivity contribution in [2.24, 2.45) is 0 Å². The van der Waals surface area contributed by atoms with Gasteiger partial charge in [-0.2, -0.15) is 0 Å². The van der Waals surface area contributed by atoms with E-state index in [1.54, 1.807) is 0 Å². The van der Waals surface area contributed by atoms with Crippen molar-refractivity contribution in [3.63, 3.8) is 0 Å². The highest BCUT2D eigenvalue weighted by molar-refractivity contribution is 5.27. The number of nitrogens with zero attached hydrogens (tertiary/aromatic N) is 2. The molecule has 90 valence electrons. The lowest BCUT2D eigenvalue weighted by atomic mass is 10.2. The molecule has 0 unspecified atom stereocenters. The van der Waals surface area contributed by atoms with Gasteiger partial charge in [0.15, 0.2) is 0 Å². The minimum atomic E-state index is 0.573. The zero-order valence-corrected chi connectivity index (χ0v) is 10.4. The number of rotatable bonds is 5. The summed E-state index contributed by atoms with van der Waals surface area (Å²) in [5.41, 5.74) is 2.33. The quantitative estimate of drug-likeness (QED) is 0.788. The molecule has 1 aromatic heterocycles. The number of hydrogen-bond donors (Lipinski definition) is 0. The van der Waals surface area contributed by atoms with Crippen LogP contribution < -0.4 is 4.74 Å². The third kappa shape index (κ3) is 3.09. The summed E-state index contributed by atoms with van der Waals surface area (Å²) in [4.78, 5) is 4.15. The Morgan fingerprint density at radius 2 is 2.24 bits per heavy atom. The number of benzene rings is 1. The van der Waals surface area contributed by atoms with Crippen molar-refractivity contribution in [2.75, 3.05) is 0 Å². The maximum Gasteiger partial charge on any atom is 0.130 e. The van der Waals surface area contributed by atoms with Gasteiger partial charge in [-0.1, -0.05) is 19.1 Å². The van der Waals surface area contributed by atoms with Gasteiger partial charge in [0.05, 0.1) is 18.2 Å². The Hall–Kier alpha value is -1.77. The first kappa shape index (κ1) is 11.7. The largest absolute Gasteiger partial charge is 0.487 e. The van der Waals surface area contributed by atoms with E-state index in [1.807, 2.05) is 30.7 Å². The Labute approximate surface area is 102 Å². The molecule has 0 radical (unpaired) electrons. The second-order valence-corrected chi connectivity index (χ2v) is 4.18. The summed E-state index contributed by atoms with van der Waals surface area (Å²) in [6.07, 6.45) is 4.83. The number of aryl methyl sites for hydroxylation is 2. The minimum absolute atomic E-state index is 0.573. The Morgan fingerprint density at radius 3 is 3.00 bits per heavy atom. The van der Waals surface area contributed by atoms with Gasteiger partial charge in [-0.25, -0.2) is 4.98 Å². The van der Waals surface area contributed by atoms with Gasteiger partial charge in [-0.15, -0.1) is 0 Å². The summed E-state index contributed by atoms with van der Waals surface area (Å²) >= 11 is 0. The smallest absolute Gasteiger partial charge is 0.130 e. The third-order valence-corrected chi connectivity index (χ3v) is 2.64. The molecule has 0 fully saturated rings. The fourth-order valence-corrected chi connectivity index (χ4v) is 1.77. The first-order valence-corrected chi connectivity index (χ1v) is 5.98. The summed E-state index contributed by atoms with van der Waals surface area (Å²) in [5.74, 6) is 0.911. The summed E-state index contributed by atoms with van der Waals surface area (Å²) in [6.45, 7) is 5.79. The van der Waals surface area contributed by atoms with Crippen LogP contribution in [0.1, 0.15) is 24.6 Å². The van der Waals surface area contributed by atoms with Gasteiger partial charge in [0.2, 0.25) is 0 Å². The van der Waals surface area contributed by atoms with E-state index in [-0.39, 0.29) is 0 Å². The summed E-state index contributed by atoms with van der Waals surface area (Å²) in [5, 5.41) is 0. The second kappa shape index (κ2) is 5.53. The lowest BCUT2D eigenvalue weighted by molar-refractivity contribution is 0.294. The van der Waals surface area contributed by atoms with Crippen LogP contribution in [0.2, 0.25) is 0 Å². The van der Waals surface area contributed by atoms with Crippen LogP contribution in [-0.4, -0.2) is 9.55 Å². The van der Waals surface area contributed by atoms with Crippen LogP contribution >= 0.6 is 0 Å². The topological polar surface area (TPSA) is 27.1 Å². The van der Waals surface area contributed by atoms with Crippen molar-refractivity contribution in [3.05, 3.63) is 48.0 Å². The predicted molar refractivity (Wildman–Crippen MR) is 68.0 cm³/mol. The molecule has 0 spiro atoms. The van der Waals surface area contributed by atoms with Gasteiger partial charge in [0.25, 0.3) is 0 Å². The molecule has 0 bridgehead atoms. The highest BCUT2D eigenvalue weighted by Gasteiger charge is 2.02. The zero-order valence-electron chi connectivity index (χ0n) is 10.4. The molecule has 0 N–H and O–H groups in total. The van der Waals surface area contributed by atoms with E-state index in [0.717, 1.165) is 24.4 Å². The average Bonchev–Trinajstić information content (AvgIpc) is 2.75. The number of aromatic nitrogens is 2. The monoisotopic (exact) mass is 230 g/mol. The lowest BCUT2D eigenvalue weighted by Gasteiger charge is -2.09. The highest BCUT2D eigenvalue weighted by atomic mass is 16.5. The van der Waals surface area contributed by atoms with E-state index in [4.69, 9.17) is 4.74 Å². The molecule has 1 aromatic carbocycles. The van der Waals surface area contributed by atoms with E-state index >= 15 is 0 Å². The predicted octanol–water partition coefficient (Wildman–Crippen LogP) is 3.18. The fraction of sp³-hybridized carbons (Fsp3) is 0.357. The van der Waals surface area contributed by atoms with Gasteiger partial charge in [-0.3, -0.25) is 0 Å². The average molecular weight is 230 g/mol. The standard InChI is InChI=1S/C14H18N2O/c1-3-7-16-11-15-9-13(16)10-17-14-6-4-5-12(2)8-14/h4-6,8-9,11H,3,7,10H2,1-2H3. The van der Waals surface area contributed by atoms with Gasteiger partial charge in [0, 0.05) is 6.54 Å². The molecule has 0 atom stereocenters. The molecule has 0 saturated carbocycles. The number of hydrogen-bond acceptors (Lipinski definition) is 2. The molecular formula is C14H18N2O. The Kier molecular flexibility index (Phi) is 3.81. The van der Waals surface area contributed by atoms with E-state index in [2.05, 4.69) is 29.5 Å².